The van der Waals surface area contributed by atoms with Gasteiger partial charge in [0.1, 0.15) is 17.2 Å². The van der Waals surface area contributed by atoms with Gasteiger partial charge in [-0.2, -0.15) is 13.2 Å². The molecule has 1 aromatic heterocycles. The number of halogens is 4. The number of benzene rings is 1. The number of aliphatic hydroxyl groups is 1. The summed E-state index contributed by atoms with van der Waals surface area (Å²) < 4.78 is 38.5. The van der Waals surface area contributed by atoms with Crippen LogP contribution in [0.1, 0.15) is 36.4 Å². The molecule has 6 N–H and O–H groups in total. The highest BCUT2D eigenvalue weighted by molar-refractivity contribution is 6.35. The summed E-state index contributed by atoms with van der Waals surface area (Å²) in [5, 5.41) is 12.4. The van der Waals surface area contributed by atoms with Crippen molar-refractivity contribution >= 4 is 29.1 Å². The van der Waals surface area contributed by atoms with Crippen LogP contribution in [0.4, 0.5) is 24.8 Å². The summed E-state index contributed by atoms with van der Waals surface area (Å²) in [7, 11) is 0. The molecule has 0 radical (unpaired) electrons. The zero-order valence-corrected chi connectivity index (χ0v) is 17.8. The molecular formula is C20H24ClF3N6O2. The second-order valence-corrected chi connectivity index (χ2v) is 8.08. The van der Waals surface area contributed by atoms with Gasteiger partial charge in [-0.05, 0) is 37.0 Å². The van der Waals surface area contributed by atoms with Gasteiger partial charge < -0.3 is 26.8 Å². The van der Waals surface area contributed by atoms with Gasteiger partial charge in [-0.3, -0.25) is 4.79 Å². The molecule has 0 bridgehead atoms. The molecule has 1 aromatic carbocycles. The Hall–Kier alpha value is -2.63. The number of hydrogen-bond acceptors (Lipinski definition) is 7. The lowest BCUT2D eigenvalue weighted by molar-refractivity contribution is -0.137. The Morgan fingerprint density at radius 2 is 1.88 bits per heavy atom. The van der Waals surface area contributed by atoms with Crippen molar-refractivity contribution in [2.45, 2.75) is 37.0 Å². The van der Waals surface area contributed by atoms with Gasteiger partial charge in [0.05, 0.1) is 17.1 Å². The van der Waals surface area contributed by atoms with Crippen LogP contribution in [0.5, 0.6) is 0 Å². The van der Waals surface area contributed by atoms with Crippen LogP contribution in [0.15, 0.2) is 30.6 Å². The molecule has 1 atom stereocenters. The molecule has 32 heavy (non-hydrogen) atoms. The van der Waals surface area contributed by atoms with E-state index in [4.69, 9.17) is 23.1 Å². The molecule has 3 rings (SSSR count). The Morgan fingerprint density at radius 3 is 2.44 bits per heavy atom. The van der Waals surface area contributed by atoms with Gasteiger partial charge in [0.25, 0.3) is 0 Å². The molecule has 2 heterocycles. The number of rotatable bonds is 6. The van der Waals surface area contributed by atoms with E-state index < -0.39 is 29.2 Å². The van der Waals surface area contributed by atoms with E-state index in [1.54, 1.807) is 0 Å². The predicted octanol–water partition coefficient (Wildman–Crippen LogP) is 2.27. The maximum absolute atomic E-state index is 13.0. The second-order valence-electron chi connectivity index (χ2n) is 7.70. The summed E-state index contributed by atoms with van der Waals surface area (Å²) in [4.78, 5) is 22.8. The zero-order valence-electron chi connectivity index (χ0n) is 17.1. The van der Waals surface area contributed by atoms with Gasteiger partial charge >= 0.3 is 6.18 Å². The monoisotopic (exact) mass is 472 g/mol. The van der Waals surface area contributed by atoms with Crippen LogP contribution in [-0.2, 0) is 11.0 Å². The molecule has 1 aliphatic rings. The lowest BCUT2D eigenvalue weighted by Crippen LogP contribution is -2.60. The zero-order chi connectivity index (χ0) is 23.5. The third-order valence-electron chi connectivity index (χ3n) is 5.57. The molecule has 1 saturated heterocycles. The normalized spacial score (nSPS) is 17.1. The van der Waals surface area contributed by atoms with Crippen molar-refractivity contribution in [2.75, 3.05) is 30.3 Å². The van der Waals surface area contributed by atoms with Gasteiger partial charge in [-0.1, -0.05) is 23.7 Å². The highest BCUT2D eigenvalue weighted by atomic mass is 35.5. The van der Waals surface area contributed by atoms with Crippen LogP contribution >= 0.6 is 11.6 Å². The van der Waals surface area contributed by atoms with Crippen LogP contribution in [-0.4, -0.2) is 46.2 Å². The van der Waals surface area contributed by atoms with Gasteiger partial charge in [0.2, 0.25) is 5.91 Å². The van der Waals surface area contributed by atoms with Gasteiger partial charge in [-0.25, -0.2) is 9.97 Å². The van der Waals surface area contributed by atoms with Gasteiger partial charge in [-0.15, -0.1) is 0 Å². The van der Waals surface area contributed by atoms with Crippen molar-refractivity contribution in [3.63, 3.8) is 0 Å². The average Bonchev–Trinajstić information content (AvgIpc) is 2.75. The number of aromatic nitrogens is 2. The van der Waals surface area contributed by atoms with Crippen molar-refractivity contribution in [3.05, 3.63) is 46.7 Å². The van der Waals surface area contributed by atoms with Crippen molar-refractivity contribution in [2.24, 2.45) is 5.73 Å². The molecule has 1 fully saturated rings. The summed E-state index contributed by atoms with van der Waals surface area (Å²) in [6, 6.07) is 3.79. The lowest BCUT2D eigenvalue weighted by Gasteiger charge is -2.39. The maximum Gasteiger partial charge on any atom is 0.416 e. The Morgan fingerprint density at radius 1 is 1.25 bits per heavy atom. The molecular weight excluding hydrogens is 449 g/mol. The summed E-state index contributed by atoms with van der Waals surface area (Å²) in [6.45, 7) is 0.529. The fourth-order valence-corrected chi connectivity index (χ4v) is 3.81. The standard InChI is InChI=1S/C20H24ClF3N6O2/c21-15-16(25)27-11-28-17(15)30-8-6-19(26,7-9-30)18(32)29-14(5-10-31)12-1-3-13(4-2-12)20(22,23)24/h1-4,11,14,31H,5-10,26H2,(H,29,32)(H2,25,27,28)/t14-/m0/s1. The Bertz CT molecular complexity index is 949. The molecule has 0 aliphatic carbocycles. The number of aliphatic hydroxyl groups excluding tert-OH is 1. The SMILES string of the molecule is Nc1ncnc(N2CCC(N)(C(=O)N[C@@H](CCO)c3ccc(C(F)(F)F)cc3)CC2)c1Cl. The van der Waals surface area contributed by atoms with E-state index in [0.717, 1.165) is 12.1 Å². The van der Waals surface area contributed by atoms with E-state index in [9.17, 15) is 23.1 Å². The number of carbonyl (C=O) groups is 1. The average molecular weight is 473 g/mol. The lowest BCUT2D eigenvalue weighted by atomic mass is 9.87. The molecule has 2 aromatic rings. The summed E-state index contributed by atoms with van der Waals surface area (Å²) >= 11 is 6.17. The first kappa shape index (κ1) is 24.0. The first-order chi connectivity index (χ1) is 15.0. The number of piperidine rings is 1. The number of nitrogens with zero attached hydrogens (tertiary/aromatic N) is 3. The molecule has 174 valence electrons. The van der Waals surface area contributed by atoms with E-state index >= 15 is 0 Å². The van der Waals surface area contributed by atoms with Crippen molar-refractivity contribution in [1.82, 2.24) is 15.3 Å². The van der Waals surface area contributed by atoms with E-state index in [0.29, 0.717) is 24.5 Å². The minimum Gasteiger partial charge on any atom is -0.396 e. The van der Waals surface area contributed by atoms with E-state index in [1.165, 1.54) is 18.5 Å². The van der Waals surface area contributed by atoms with Crippen LogP contribution < -0.4 is 21.7 Å². The third kappa shape index (κ3) is 5.22. The van der Waals surface area contributed by atoms with Crippen molar-refractivity contribution in [1.29, 1.82) is 0 Å². The molecule has 0 unspecified atom stereocenters. The van der Waals surface area contributed by atoms with Crippen LogP contribution in [0.25, 0.3) is 0 Å². The first-order valence-corrected chi connectivity index (χ1v) is 10.3. The Balaban J connectivity index is 1.68. The van der Waals surface area contributed by atoms with Crippen molar-refractivity contribution < 1.29 is 23.1 Å². The van der Waals surface area contributed by atoms with Crippen molar-refractivity contribution in [3.8, 4) is 0 Å². The third-order valence-corrected chi connectivity index (χ3v) is 5.93. The van der Waals surface area contributed by atoms with Crippen LogP contribution in [0.3, 0.4) is 0 Å². The van der Waals surface area contributed by atoms with Gasteiger partial charge in [0, 0.05) is 19.7 Å². The van der Waals surface area contributed by atoms with E-state index in [-0.39, 0.29) is 36.7 Å². The number of hydrogen-bond donors (Lipinski definition) is 4. The summed E-state index contributed by atoms with van der Waals surface area (Å²) in [6.07, 6.45) is -2.44. The smallest absolute Gasteiger partial charge is 0.396 e. The second kappa shape index (κ2) is 9.47. The molecule has 0 spiro atoms. The topological polar surface area (TPSA) is 130 Å². The van der Waals surface area contributed by atoms with Crippen LogP contribution in [0, 0.1) is 0 Å². The molecule has 1 amide bonds. The Kier molecular flexibility index (Phi) is 7.11. The quantitative estimate of drug-likeness (QED) is 0.507. The first-order valence-electron chi connectivity index (χ1n) is 9.94. The molecule has 1 aliphatic heterocycles. The number of alkyl halides is 3. The number of amides is 1. The molecule has 12 heteroatoms. The fraction of sp³-hybridized carbons (Fsp3) is 0.450. The Labute approximate surface area is 187 Å². The number of anilines is 2. The predicted molar refractivity (Wildman–Crippen MR) is 114 cm³/mol. The summed E-state index contributed by atoms with van der Waals surface area (Å²) in [5.74, 6) is 0.177. The number of nitrogens with two attached hydrogens (primary N) is 2. The number of carbonyl (C=O) groups excluding carboxylic acids is 1. The van der Waals surface area contributed by atoms with Crippen LogP contribution in [0.2, 0.25) is 5.02 Å². The highest BCUT2D eigenvalue weighted by Crippen LogP contribution is 2.32. The van der Waals surface area contributed by atoms with E-state index in [1.807, 2.05) is 4.90 Å². The van der Waals surface area contributed by atoms with Gasteiger partial charge in [0.15, 0.2) is 5.82 Å². The number of nitrogen functional groups attached to an aromatic ring is 1. The minimum atomic E-state index is -4.46. The number of nitrogens with one attached hydrogen (secondary N) is 1. The largest absolute Gasteiger partial charge is 0.416 e. The summed E-state index contributed by atoms with van der Waals surface area (Å²) in [5.41, 5.74) is 10.6. The van der Waals surface area contributed by atoms with E-state index in [2.05, 4.69) is 15.3 Å². The maximum atomic E-state index is 13.0. The highest BCUT2D eigenvalue weighted by Gasteiger charge is 2.39. The fourth-order valence-electron chi connectivity index (χ4n) is 3.60. The minimum absolute atomic E-state index is 0.134. The molecule has 0 saturated carbocycles. The molecule has 8 nitrogen and oxygen atoms in total.